The molecule has 1 aromatic carbocycles. The number of fused-ring (bicyclic) bond motifs is 1. The Bertz CT molecular complexity index is 702. The molecule has 0 aliphatic carbocycles. The molecule has 0 aromatic heterocycles. The molecule has 2 saturated heterocycles. The van der Waals surface area contributed by atoms with Crippen molar-refractivity contribution in [1.82, 2.24) is 9.21 Å². The second-order valence-corrected chi connectivity index (χ2v) is 7.97. The third-order valence-corrected chi connectivity index (χ3v) is 6.52. The second-order valence-electron chi connectivity index (χ2n) is 6.04. The van der Waals surface area contributed by atoms with Crippen molar-refractivity contribution >= 4 is 15.9 Å². The van der Waals surface area contributed by atoms with Crippen LogP contribution in [0.5, 0.6) is 0 Å². The zero-order chi connectivity index (χ0) is 15.9. The van der Waals surface area contributed by atoms with Crippen molar-refractivity contribution in [3.8, 4) is 0 Å². The van der Waals surface area contributed by atoms with Gasteiger partial charge in [-0.05, 0) is 44.0 Å². The predicted octanol–water partition coefficient (Wildman–Crippen LogP) is 0.563. The van der Waals surface area contributed by atoms with E-state index in [1.54, 1.807) is 19.1 Å². The van der Waals surface area contributed by atoms with Gasteiger partial charge in [-0.2, -0.15) is 4.31 Å². The third-order valence-electron chi connectivity index (χ3n) is 4.66. The lowest BCUT2D eigenvalue weighted by Gasteiger charge is -2.36. The van der Waals surface area contributed by atoms with Crippen LogP contribution in [0.4, 0.5) is 0 Å². The first-order valence-electron chi connectivity index (χ1n) is 7.54. The summed E-state index contributed by atoms with van der Waals surface area (Å²) in [6.45, 7) is 4.61. The maximum atomic E-state index is 12.8. The summed E-state index contributed by atoms with van der Waals surface area (Å²) in [6, 6.07) is 4.91. The molecule has 2 aliphatic rings. The fourth-order valence-electron chi connectivity index (χ4n) is 3.36. The van der Waals surface area contributed by atoms with Crippen LogP contribution in [0.25, 0.3) is 0 Å². The average molecular weight is 323 g/mol. The summed E-state index contributed by atoms with van der Waals surface area (Å²) in [5, 5.41) is 0. The first-order valence-corrected chi connectivity index (χ1v) is 8.98. The largest absolute Gasteiger partial charge is 0.366 e. The van der Waals surface area contributed by atoms with E-state index in [0.29, 0.717) is 24.7 Å². The van der Waals surface area contributed by atoms with Gasteiger partial charge in [0.05, 0.1) is 4.90 Å². The lowest BCUT2D eigenvalue weighted by atomic mass is 10.1. The molecule has 2 heterocycles. The van der Waals surface area contributed by atoms with E-state index in [0.717, 1.165) is 25.9 Å². The molecule has 6 nitrogen and oxygen atoms in total. The number of nitrogens with zero attached hydrogens (tertiary/aromatic N) is 2. The van der Waals surface area contributed by atoms with Gasteiger partial charge in [-0.15, -0.1) is 0 Å². The van der Waals surface area contributed by atoms with Crippen molar-refractivity contribution in [2.75, 3.05) is 26.2 Å². The van der Waals surface area contributed by atoms with Gasteiger partial charge in [-0.1, -0.05) is 6.07 Å². The Morgan fingerprint density at radius 2 is 2.05 bits per heavy atom. The van der Waals surface area contributed by atoms with Gasteiger partial charge in [-0.3, -0.25) is 9.69 Å². The molecule has 2 fully saturated rings. The maximum Gasteiger partial charge on any atom is 0.249 e. The van der Waals surface area contributed by atoms with E-state index < -0.39 is 15.9 Å². The summed E-state index contributed by atoms with van der Waals surface area (Å²) < 4.78 is 27.2. The van der Waals surface area contributed by atoms with Crippen molar-refractivity contribution in [3.05, 3.63) is 29.3 Å². The monoisotopic (exact) mass is 323 g/mol. The number of sulfonamides is 1. The van der Waals surface area contributed by atoms with Gasteiger partial charge in [0.2, 0.25) is 15.9 Å². The summed E-state index contributed by atoms with van der Waals surface area (Å²) in [4.78, 5) is 13.9. The highest BCUT2D eigenvalue weighted by Crippen LogP contribution is 2.26. The normalized spacial score (nSPS) is 23.4. The molecular weight excluding hydrogens is 302 g/mol. The molecule has 22 heavy (non-hydrogen) atoms. The molecule has 3 rings (SSSR count). The highest BCUT2D eigenvalue weighted by atomic mass is 32.2. The molecular formula is C15H21N3O3S. The zero-order valence-electron chi connectivity index (χ0n) is 12.7. The standard InChI is InChI=1S/C15H21N3O3S/c1-11-4-5-13(9-14(11)15(16)19)22(20,21)18-8-7-17-6-2-3-12(17)10-18/h4-5,9,12H,2-3,6-8,10H2,1H3,(H2,16,19)/t12-/m1/s1. The smallest absolute Gasteiger partial charge is 0.249 e. The number of hydrogen-bond donors (Lipinski definition) is 1. The van der Waals surface area contributed by atoms with Crippen molar-refractivity contribution < 1.29 is 13.2 Å². The van der Waals surface area contributed by atoms with Gasteiger partial charge >= 0.3 is 0 Å². The molecule has 0 bridgehead atoms. The van der Waals surface area contributed by atoms with E-state index in [4.69, 9.17) is 5.73 Å². The fraction of sp³-hybridized carbons (Fsp3) is 0.533. The van der Waals surface area contributed by atoms with Crippen LogP contribution in [-0.4, -0.2) is 55.8 Å². The highest BCUT2D eigenvalue weighted by molar-refractivity contribution is 7.89. The van der Waals surface area contributed by atoms with Crippen LogP contribution in [-0.2, 0) is 10.0 Å². The Labute approximate surface area is 130 Å². The first kappa shape index (κ1) is 15.5. The second kappa shape index (κ2) is 5.64. The number of carbonyl (C=O) groups is 1. The highest BCUT2D eigenvalue weighted by Gasteiger charge is 2.36. The molecule has 1 aromatic rings. The van der Waals surface area contributed by atoms with E-state index in [-0.39, 0.29) is 10.5 Å². The number of benzene rings is 1. The number of primary amides is 1. The van der Waals surface area contributed by atoms with Gasteiger partial charge in [0.1, 0.15) is 0 Å². The SMILES string of the molecule is Cc1ccc(S(=O)(=O)N2CCN3CCC[C@@H]3C2)cc1C(N)=O. The van der Waals surface area contributed by atoms with Crippen LogP contribution >= 0.6 is 0 Å². The van der Waals surface area contributed by atoms with Crippen molar-refractivity contribution in [2.45, 2.75) is 30.7 Å². The molecule has 0 radical (unpaired) electrons. The molecule has 2 N–H and O–H groups in total. The maximum absolute atomic E-state index is 12.8. The van der Waals surface area contributed by atoms with E-state index in [1.807, 2.05) is 0 Å². The molecule has 0 spiro atoms. The molecule has 120 valence electrons. The Morgan fingerprint density at radius 1 is 1.27 bits per heavy atom. The van der Waals surface area contributed by atoms with Gasteiger partial charge in [-0.25, -0.2) is 8.42 Å². The van der Waals surface area contributed by atoms with E-state index in [1.165, 1.54) is 10.4 Å². The van der Waals surface area contributed by atoms with Crippen LogP contribution in [0, 0.1) is 6.92 Å². The summed E-state index contributed by atoms with van der Waals surface area (Å²) in [7, 11) is -3.57. The van der Waals surface area contributed by atoms with Gasteiger partial charge in [0, 0.05) is 31.2 Å². The van der Waals surface area contributed by atoms with Crippen molar-refractivity contribution in [2.24, 2.45) is 5.73 Å². The summed E-state index contributed by atoms with van der Waals surface area (Å²) in [5.41, 5.74) is 6.27. The van der Waals surface area contributed by atoms with Crippen LogP contribution in [0.3, 0.4) is 0 Å². The van der Waals surface area contributed by atoms with Crippen molar-refractivity contribution in [3.63, 3.8) is 0 Å². The number of nitrogens with two attached hydrogens (primary N) is 1. The van der Waals surface area contributed by atoms with Gasteiger partial charge in [0.25, 0.3) is 0 Å². The lowest BCUT2D eigenvalue weighted by Crippen LogP contribution is -2.51. The van der Waals surface area contributed by atoms with Crippen LogP contribution in [0.1, 0.15) is 28.8 Å². The minimum absolute atomic E-state index is 0.151. The summed E-state index contributed by atoms with van der Waals surface area (Å²) >= 11 is 0. The number of amides is 1. The van der Waals surface area contributed by atoms with E-state index in [2.05, 4.69) is 4.90 Å². The first-order chi connectivity index (χ1) is 10.4. The Morgan fingerprint density at radius 3 is 2.77 bits per heavy atom. The molecule has 0 saturated carbocycles. The van der Waals surface area contributed by atoms with Crippen LogP contribution in [0.15, 0.2) is 23.1 Å². The molecule has 1 atom stereocenters. The Balaban J connectivity index is 1.90. The fourth-order valence-corrected chi connectivity index (χ4v) is 4.85. The Kier molecular flexibility index (Phi) is 3.96. The Hall–Kier alpha value is -1.44. The number of piperazine rings is 1. The van der Waals surface area contributed by atoms with Gasteiger partial charge in [0.15, 0.2) is 0 Å². The summed E-state index contributed by atoms with van der Waals surface area (Å²) in [6.07, 6.45) is 2.18. The number of rotatable bonds is 3. The van der Waals surface area contributed by atoms with Gasteiger partial charge < -0.3 is 5.73 Å². The van der Waals surface area contributed by atoms with Crippen LogP contribution < -0.4 is 5.73 Å². The number of hydrogen-bond acceptors (Lipinski definition) is 4. The predicted molar refractivity (Wildman–Crippen MR) is 83.1 cm³/mol. The quantitative estimate of drug-likeness (QED) is 0.881. The minimum Gasteiger partial charge on any atom is -0.366 e. The topological polar surface area (TPSA) is 83.7 Å². The van der Waals surface area contributed by atoms with E-state index in [9.17, 15) is 13.2 Å². The molecule has 0 unspecified atom stereocenters. The average Bonchev–Trinajstić information content (AvgIpc) is 2.94. The number of aryl methyl sites for hydroxylation is 1. The molecule has 1 amide bonds. The lowest BCUT2D eigenvalue weighted by molar-refractivity contribution is 0.0999. The third kappa shape index (κ3) is 2.64. The number of carbonyl (C=O) groups excluding carboxylic acids is 1. The van der Waals surface area contributed by atoms with Crippen LogP contribution in [0.2, 0.25) is 0 Å². The molecule has 2 aliphatic heterocycles. The minimum atomic E-state index is -3.57. The van der Waals surface area contributed by atoms with E-state index >= 15 is 0 Å². The zero-order valence-corrected chi connectivity index (χ0v) is 13.5. The summed E-state index contributed by atoms with van der Waals surface area (Å²) in [5.74, 6) is -0.602. The van der Waals surface area contributed by atoms with Crippen molar-refractivity contribution in [1.29, 1.82) is 0 Å². The molecule has 7 heteroatoms.